The van der Waals surface area contributed by atoms with Crippen molar-refractivity contribution >= 4 is 0 Å². The van der Waals surface area contributed by atoms with Crippen LogP contribution < -0.4 is 0 Å². The van der Waals surface area contributed by atoms with Gasteiger partial charge in [-0.05, 0) is 124 Å². The largest absolute Gasteiger partial charge is 0.0654 e. The van der Waals surface area contributed by atoms with E-state index in [1.165, 1.54) is 102 Å². The smallest absolute Gasteiger partial charge is 0.0162 e. The van der Waals surface area contributed by atoms with Crippen LogP contribution in [0.25, 0.3) is 0 Å². The van der Waals surface area contributed by atoms with Gasteiger partial charge in [0.05, 0.1) is 0 Å². The van der Waals surface area contributed by atoms with Crippen LogP contribution in [-0.2, 0) is 0 Å². The predicted molar refractivity (Wildman–Crippen MR) is 163 cm³/mol. The van der Waals surface area contributed by atoms with Crippen molar-refractivity contribution in [2.45, 2.75) is 156 Å². The highest BCUT2D eigenvalue weighted by atomic mass is 14.4. The van der Waals surface area contributed by atoms with Crippen molar-refractivity contribution in [2.24, 2.45) is 41.4 Å². The Bertz CT molecular complexity index is 714. The fraction of sp³-hybridized carbons (Fsp3) is 0.838. The molecule has 4 saturated carbocycles. The van der Waals surface area contributed by atoms with Crippen molar-refractivity contribution in [3.8, 4) is 0 Å². The van der Waals surface area contributed by atoms with Crippen molar-refractivity contribution in [3.63, 3.8) is 0 Å². The maximum atomic E-state index is 2.43. The van der Waals surface area contributed by atoms with E-state index in [-0.39, 0.29) is 0 Å². The lowest BCUT2D eigenvalue weighted by atomic mass is 9.68. The monoisotopic (exact) mass is 506 g/mol. The van der Waals surface area contributed by atoms with Crippen LogP contribution in [-0.4, -0.2) is 0 Å². The normalized spacial score (nSPS) is 36.9. The molecule has 0 spiro atoms. The molecule has 0 amide bonds. The van der Waals surface area contributed by atoms with Gasteiger partial charge in [0.15, 0.2) is 0 Å². The van der Waals surface area contributed by atoms with Crippen molar-refractivity contribution in [3.05, 3.63) is 35.4 Å². The molecule has 4 aliphatic rings. The molecule has 0 aromatic heterocycles. The molecule has 4 aliphatic carbocycles. The van der Waals surface area contributed by atoms with Gasteiger partial charge in [-0.25, -0.2) is 0 Å². The van der Waals surface area contributed by atoms with Crippen LogP contribution in [0.4, 0.5) is 0 Å². The van der Waals surface area contributed by atoms with Crippen molar-refractivity contribution in [2.75, 3.05) is 0 Å². The third kappa shape index (κ3) is 8.86. The van der Waals surface area contributed by atoms with E-state index < -0.39 is 0 Å². The lowest BCUT2D eigenvalue weighted by Gasteiger charge is -2.38. The Balaban J connectivity index is 0.000000186. The molecule has 0 heterocycles. The summed E-state index contributed by atoms with van der Waals surface area (Å²) < 4.78 is 0. The van der Waals surface area contributed by atoms with Crippen LogP contribution in [0.5, 0.6) is 0 Å². The summed E-state index contributed by atoms with van der Waals surface area (Å²) in [6.07, 6.45) is 28.5. The third-order valence-corrected chi connectivity index (χ3v) is 11.8. The van der Waals surface area contributed by atoms with E-state index in [1.807, 2.05) is 0 Å². The summed E-state index contributed by atoms with van der Waals surface area (Å²) in [6.45, 7) is 9.34. The van der Waals surface area contributed by atoms with E-state index in [2.05, 4.69) is 52.0 Å². The second kappa shape index (κ2) is 15.1. The summed E-state index contributed by atoms with van der Waals surface area (Å²) >= 11 is 0. The van der Waals surface area contributed by atoms with E-state index in [4.69, 9.17) is 0 Å². The second-order valence-electron chi connectivity index (χ2n) is 14.3. The molecule has 0 bridgehead atoms. The number of hydrogen-bond donors (Lipinski definition) is 0. The van der Waals surface area contributed by atoms with Gasteiger partial charge in [0.25, 0.3) is 0 Å². The molecule has 4 fully saturated rings. The van der Waals surface area contributed by atoms with Crippen molar-refractivity contribution < 1.29 is 0 Å². The Kier molecular flexibility index (Phi) is 11.9. The minimum Gasteiger partial charge on any atom is -0.0654 e. The highest BCUT2D eigenvalue weighted by Gasteiger charge is 2.31. The molecular formula is C37H62. The molecule has 0 N–H and O–H groups in total. The summed E-state index contributed by atoms with van der Waals surface area (Å²) in [4.78, 5) is 0. The van der Waals surface area contributed by atoms with Crippen LogP contribution in [0.2, 0.25) is 0 Å². The Hall–Kier alpha value is -0.780. The fourth-order valence-electron chi connectivity index (χ4n) is 8.94. The summed E-state index contributed by atoms with van der Waals surface area (Å²) in [5, 5.41) is 0. The van der Waals surface area contributed by atoms with Gasteiger partial charge in [-0.2, -0.15) is 0 Å². The van der Waals surface area contributed by atoms with Crippen molar-refractivity contribution in [1.29, 1.82) is 0 Å². The number of hydrogen-bond acceptors (Lipinski definition) is 0. The van der Waals surface area contributed by atoms with Crippen LogP contribution in [0.1, 0.15) is 160 Å². The van der Waals surface area contributed by atoms with Gasteiger partial charge in [-0.1, -0.05) is 108 Å². The molecule has 5 rings (SSSR count). The van der Waals surface area contributed by atoms with Gasteiger partial charge in [-0.3, -0.25) is 0 Å². The van der Waals surface area contributed by atoms with Crippen LogP contribution >= 0.6 is 0 Å². The van der Waals surface area contributed by atoms with Gasteiger partial charge < -0.3 is 0 Å². The Morgan fingerprint density at radius 2 is 0.973 bits per heavy atom. The van der Waals surface area contributed by atoms with Gasteiger partial charge >= 0.3 is 0 Å². The zero-order chi connectivity index (χ0) is 26.0. The topological polar surface area (TPSA) is 0 Å². The summed E-state index contributed by atoms with van der Waals surface area (Å²) in [7, 11) is 0. The Labute approximate surface area is 232 Å². The molecule has 0 nitrogen and oxygen atoms in total. The van der Waals surface area contributed by atoms with Crippen molar-refractivity contribution in [1.82, 2.24) is 0 Å². The SMILES string of the molecule is CCC1CCC(C2CCC(C)CC2)CC1.CCCC1CCC(C2CCC(c3ccc(C)cc3)CC2)CC1. The summed E-state index contributed by atoms with van der Waals surface area (Å²) in [6, 6.07) is 9.32. The quantitative estimate of drug-likeness (QED) is 0.360. The van der Waals surface area contributed by atoms with Gasteiger partial charge in [0.1, 0.15) is 0 Å². The highest BCUT2D eigenvalue weighted by molar-refractivity contribution is 5.24. The van der Waals surface area contributed by atoms with E-state index in [0.29, 0.717) is 0 Å². The zero-order valence-corrected chi connectivity index (χ0v) is 25.4. The Morgan fingerprint density at radius 1 is 0.541 bits per heavy atom. The molecule has 1 aromatic carbocycles. The lowest BCUT2D eigenvalue weighted by Crippen LogP contribution is -2.25. The van der Waals surface area contributed by atoms with E-state index in [9.17, 15) is 0 Å². The number of rotatable bonds is 6. The Morgan fingerprint density at radius 3 is 1.43 bits per heavy atom. The highest BCUT2D eigenvalue weighted by Crippen LogP contribution is 2.45. The predicted octanol–water partition coefficient (Wildman–Crippen LogP) is 11.9. The molecular weight excluding hydrogens is 444 g/mol. The standard InChI is InChI=1S/C22H34.C15H28/c1-3-4-18-7-11-20(12-8-18)22-15-13-21(14-16-22)19-9-5-17(2)6-10-19;1-3-13-6-10-15(11-7-13)14-8-4-12(2)5-9-14/h5-6,9-10,18,20-22H,3-4,7-8,11-16H2,1-2H3;12-15H,3-11H2,1-2H3. The molecule has 0 atom stereocenters. The van der Waals surface area contributed by atoms with E-state index >= 15 is 0 Å². The average molecular weight is 507 g/mol. The zero-order valence-electron chi connectivity index (χ0n) is 25.4. The van der Waals surface area contributed by atoms with E-state index in [1.54, 1.807) is 31.2 Å². The van der Waals surface area contributed by atoms with Crippen LogP contribution in [0.15, 0.2) is 24.3 Å². The molecule has 0 radical (unpaired) electrons. The summed E-state index contributed by atoms with van der Waals surface area (Å²) in [5.41, 5.74) is 2.98. The first-order valence-electron chi connectivity index (χ1n) is 17.1. The summed E-state index contributed by atoms with van der Waals surface area (Å²) in [5.74, 6) is 8.33. The molecule has 0 unspecified atom stereocenters. The van der Waals surface area contributed by atoms with Crippen LogP contribution in [0, 0.1) is 48.3 Å². The first-order chi connectivity index (χ1) is 18.1. The first kappa shape index (κ1) is 29.2. The third-order valence-electron chi connectivity index (χ3n) is 11.8. The molecule has 0 heteroatoms. The number of aryl methyl sites for hydroxylation is 1. The molecule has 0 saturated heterocycles. The van der Waals surface area contributed by atoms with Gasteiger partial charge in [-0.15, -0.1) is 0 Å². The lowest BCUT2D eigenvalue weighted by molar-refractivity contribution is 0.149. The molecule has 37 heavy (non-hydrogen) atoms. The van der Waals surface area contributed by atoms with Gasteiger partial charge in [0, 0.05) is 0 Å². The molecule has 1 aromatic rings. The number of benzene rings is 1. The molecule has 0 aliphatic heterocycles. The van der Waals surface area contributed by atoms with E-state index in [0.717, 1.165) is 47.3 Å². The van der Waals surface area contributed by atoms with Gasteiger partial charge in [0.2, 0.25) is 0 Å². The van der Waals surface area contributed by atoms with Crippen LogP contribution in [0.3, 0.4) is 0 Å². The first-order valence-corrected chi connectivity index (χ1v) is 17.1. The maximum Gasteiger partial charge on any atom is -0.0162 e. The maximum absolute atomic E-state index is 2.43. The fourth-order valence-corrected chi connectivity index (χ4v) is 8.94. The molecule has 210 valence electrons. The minimum atomic E-state index is 0.841. The average Bonchev–Trinajstić information content (AvgIpc) is 2.95. The minimum absolute atomic E-state index is 0.841. The second-order valence-corrected chi connectivity index (χ2v) is 14.3.